The number of ketones is 2. The molecule has 0 bridgehead atoms. The molecular weight excluding hydrogens is 288 g/mol. The summed E-state index contributed by atoms with van der Waals surface area (Å²) in [7, 11) is 0. The summed E-state index contributed by atoms with van der Waals surface area (Å²) in [4.78, 5) is 23.8. The number of rotatable bonds is 1. The number of hydrogen-bond acceptors (Lipinski definition) is 3. The molecule has 0 heterocycles. The van der Waals surface area contributed by atoms with Gasteiger partial charge in [-0.25, -0.2) is 0 Å². The number of aliphatic hydroxyl groups excluding tert-OH is 1. The van der Waals surface area contributed by atoms with E-state index in [-0.39, 0.29) is 34.9 Å². The Morgan fingerprint density at radius 2 is 2.00 bits per heavy atom. The van der Waals surface area contributed by atoms with E-state index in [1.807, 2.05) is 6.08 Å². The monoisotopic (exact) mass is 316 g/mol. The van der Waals surface area contributed by atoms with Crippen molar-refractivity contribution in [2.75, 3.05) is 0 Å². The molecule has 3 fully saturated rings. The Balaban J connectivity index is 1.67. The van der Waals surface area contributed by atoms with Crippen LogP contribution in [0.5, 0.6) is 0 Å². The van der Waals surface area contributed by atoms with Crippen molar-refractivity contribution < 1.29 is 14.7 Å². The minimum absolute atomic E-state index is 0.0774. The Kier molecular flexibility index (Phi) is 3.57. The van der Waals surface area contributed by atoms with Gasteiger partial charge in [-0.2, -0.15) is 0 Å². The minimum Gasteiger partial charge on any atom is -0.393 e. The van der Waals surface area contributed by atoms with Crippen molar-refractivity contribution in [3.05, 3.63) is 11.6 Å². The van der Waals surface area contributed by atoms with Gasteiger partial charge in [0.1, 0.15) is 5.78 Å². The first kappa shape index (κ1) is 15.6. The van der Waals surface area contributed by atoms with Crippen LogP contribution in [0, 0.1) is 35.0 Å². The smallest absolute Gasteiger partial charge is 0.155 e. The first-order valence-electron chi connectivity index (χ1n) is 9.34. The first-order valence-corrected chi connectivity index (χ1v) is 9.34. The normalized spacial score (nSPS) is 49.0. The van der Waals surface area contributed by atoms with Gasteiger partial charge in [-0.05, 0) is 80.6 Å². The van der Waals surface area contributed by atoms with E-state index in [0.717, 1.165) is 38.5 Å². The van der Waals surface area contributed by atoms with Gasteiger partial charge in [-0.3, -0.25) is 9.59 Å². The topological polar surface area (TPSA) is 54.4 Å². The van der Waals surface area contributed by atoms with Crippen LogP contribution in [0.1, 0.15) is 58.8 Å². The predicted molar refractivity (Wildman–Crippen MR) is 87.7 cm³/mol. The van der Waals surface area contributed by atoms with E-state index in [1.54, 1.807) is 6.92 Å². The van der Waals surface area contributed by atoms with Gasteiger partial charge in [0.25, 0.3) is 0 Å². The van der Waals surface area contributed by atoms with Crippen LogP contribution in [-0.2, 0) is 9.59 Å². The Morgan fingerprint density at radius 1 is 1.22 bits per heavy atom. The minimum atomic E-state index is -0.341. The summed E-state index contributed by atoms with van der Waals surface area (Å²) >= 11 is 0. The molecule has 4 rings (SSSR count). The maximum atomic E-state index is 12.0. The summed E-state index contributed by atoms with van der Waals surface area (Å²) in [6, 6.07) is 0. The van der Waals surface area contributed by atoms with E-state index in [9.17, 15) is 14.7 Å². The van der Waals surface area contributed by atoms with Crippen LogP contribution in [0.2, 0.25) is 0 Å². The molecule has 0 amide bonds. The molecule has 0 aromatic heterocycles. The van der Waals surface area contributed by atoms with E-state index in [2.05, 4.69) is 6.92 Å². The number of aliphatic hydroxyl groups is 1. The van der Waals surface area contributed by atoms with Crippen molar-refractivity contribution in [3.8, 4) is 0 Å². The molecule has 23 heavy (non-hydrogen) atoms. The Morgan fingerprint density at radius 3 is 2.74 bits per heavy atom. The maximum Gasteiger partial charge on any atom is 0.155 e. The van der Waals surface area contributed by atoms with Crippen LogP contribution in [0.3, 0.4) is 0 Å². The lowest BCUT2D eigenvalue weighted by Crippen LogP contribution is -2.52. The second-order valence-corrected chi connectivity index (χ2v) is 8.70. The second kappa shape index (κ2) is 5.27. The van der Waals surface area contributed by atoms with Gasteiger partial charge in [0, 0.05) is 12.3 Å². The van der Waals surface area contributed by atoms with Crippen LogP contribution in [0.15, 0.2) is 11.6 Å². The summed E-state index contributed by atoms with van der Waals surface area (Å²) in [5.41, 5.74) is 1.43. The van der Waals surface area contributed by atoms with Gasteiger partial charge in [-0.1, -0.05) is 12.5 Å². The van der Waals surface area contributed by atoms with Gasteiger partial charge in [0.2, 0.25) is 0 Å². The molecule has 3 saturated carbocycles. The molecule has 1 N–H and O–H groups in total. The summed E-state index contributed by atoms with van der Waals surface area (Å²) in [5.74, 6) is 2.43. The fraction of sp³-hybridized carbons (Fsp3) is 0.800. The standard InChI is InChI=1S/C20H28O3/c1-11(21)14-5-6-16-15-4-3-12-9-13(22)7-8-20(12,2)17(15)10-18(23)19(14)16/h9,14-19,23H,3-8,10H2,1-2H3. The molecule has 7 unspecified atom stereocenters. The number of hydrogen-bond donors (Lipinski definition) is 1. The average Bonchev–Trinajstić information content (AvgIpc) is 2.95. The van der Waals surface area contributed by atoms with Crippen molar-refractivity contribution in [3.63, 3.8) is 0 Å². The van der Waals surface area contributed by atoms with Gasteiger partial charge in [-0.15, -0.1) is 0 Å². The maximum absolute atomic E-state index is 12.0. The molecule has 0 aliphatic heterocycles. The molecule has 3 heteroatoms. The number of carbonyl (C=O) groups is 2. The molecule has 0 saturated heterocycles. The lowest BCUT2D eigenvalue weighted by Gasteiger charge is -2.56. The van der Waals surface area contributed by atoms with Crippen molar-refractivity contribution >= 4 is 11.6 Å². The average molecular weight is 316 g/mol. The van der Waals surface area contributed by atoms with E-state index in [4.69, 9.17) is 0 Å². The highest BCUT2D eigenvalue weighted by Gasteiger charge is 2.57. The molecule has 3 nitrogen and oxygen atoms in total. The Hall–Kier alpha value is -0.960. The highest BCUT2D eigenvalue weighted by atomic mass is 16.3. The first-order chi connectivity index (χ1) is 10.9. The lowest BCUT2D eigenvalue weighted by atomic mass is 9.49. The van der Waals surface area contributed by atoms with E-state index in [0.29, 0.717) is 24.2 Å². The molecule has 0 spiro atoms. The molecule has 0 aromatic rings. The molecule has 7 atom stereocenters. The van der Waals surface area contributed by atoms with E-state index in [1.165, 1.54) is 5.57 Å². The highest BCUT2D eigenvalue weighted by molar-refractivity contribution is 5.91. The van der Waals surface area contributed by atoms with Crippen LogP contribution in [0.25, 0.3) is 0 Å². The number of allylic oxidation sites excluding steroid dienone is 1. The third-order valence-electron chi connectivity index (χ3n) is 7.82. The highest BCUT2D eigenvalue weighted by Crippen LogP contribution is 2.62. The Bertz CT molecular complexity index is 577. The number of carbonyl (C=O) groups excluding carboxylic acids is 2. The SMILES string of the molecule is CC(=O)C1CCC2C3CCC4=CC(=O)CCC4(C)C3CC(O)C12. The predicted octanol–water partition coefficient (Wildman–Crippen LogP) is 3.30. The zero-order chi connectivity index (χ0) is 16.4. The van der Waals surface area contributed by atoms with Crippen LogP contribution in [0.4, 0.5) is 0 Å². The number of fused-ring (bicyclic) bond motifs is 5. The summed E-state index contributed by atoms with van der Waals surface area (Å²) in [5, 5.41) is 10.9. The number of Topliss-reactive ketones (excluding diaryl/α,β-unsaturated/α-hetero) is 1. The molecule has 4 aliphatic rings. The third-order valence-corrected chi connectivity index (χ3v) is 7.82. The Labute approximate surface area is 138 Å². The fourth-order valence-electron chi connectivity index (χ4n) is 6.70. The van der Waals surface area contributed by atoms with Gasteiger partial charge >= 0.3 is 0 Å². The quantitative estimate of drug-likeness (QED) is 0.807. The van der Waals surface area contributed by atoms with E-state index < -0.39 is 0 Å². The van der Waals surface area contributed by atoms with Crippen molar-refractivity contribution in [2.45, 2.75) is 64.9 Å². The van der Waals surface area contributed by atoms with Crippen LogP contribution >= 0.6 is 0 Å². The summed E-state index contributed by atoms with van der Waals surface area (Å²) in [6.07, 6.45) is 8.22. The van der Waals surface area contributed by atoms with Crippen molar-refractivity contribution in [1.82, 2.24) is 0 Å². The molecule has 126 valence electrons. The lowest BCUT2D eigenvalue weighted by molar-refractivity contribution is -0.129. The zero-order valence-electron chi connectivity index (χ0n) is 14.3. The third kappa shape index (κ3) is 2.19. The summed E-state index contributed by atoms with van der Waals surface area (Å²) in [6.45, 7) is 4.02. The van der Waals surface area contributed by atoms with Crippen molar-refractivity contribution in [2.24, 2.45) is 35.0 Å². The van der Waals surface area contributed by atoms with Crippen LogP contribution < -0.4 is 0 Å². The largest absolute Gasteiger partial charge is 0.393 e. The van der Waals surface area contributed by atoms with Gasteiger partial charge in [0.05, 0.1) is 6.10 Å². The molecular formula is C20H28O3. The molecule has 0 aromatic carbocycles. The zero-order valence-corrected chi connectivity index (χ0v) is 14.3. The molecule has 0 radical (unpaired) electrons. The van der Waals surface area contributed by atoms with E-state index >= 15 is 0 Å². The summed E-state index contributed by atoms with van der Waals surface area (Å²) < 4.78 is 0. The molecule has 4 aliphatic carbocycles. The van der Waals surface area contributed by atoms with Crippen LogP contribution in [-0.4, -0.2) is 22.8 Å². The van der Waals surface area contributed by atoms with Gasteiger partial charge in [0.15, 0.2) is 5.78 Å². The van der Waals surface area contributed by atoms with Crippen molar-refractivity contribution in [1.29, 1.82) is 0 Å². The fourth-order valence-corrected chi connectivity index (χ4v) is 6.70. The second-order valence-electron chi connectivity index (χ2n) is 8.70. The van der Waals surface area contributed by atoms with Gasteiger partial charge < -0.3 is 5.11 Å².